The number of fused-ring (bicyclic) bond motifs is 2. The summed E-state index contributed by atoms with van der Waals surface area (Å²) < 4.78 is 2.49. The standard InChI is InChI=1S/C22H15BrN4O/c1-13-24-18-10-9-15(23)12-17(18)22(28)27(13)16-6-4-5-14(11-16)21-25-19-7-2-3-8-20(19)26-21/h2-12H,1H3,(H,25,26). The maximum absolute atomic E-state index is 13.2. The number of aromatic amines is 1. The average molecular weight is 431 g/mol. The van der Waals surface area contributed by atoms with Gasteiger partial charge < -0.3 is 4.98 Å². The van der Waals surface area contributed by atoms with Crippen molar-refractivity contribution in [3.63, 3.8) is 0 Å². The van der Waals surface area contributed by atoms with E-state index in [1.165, 1.54) is 0 Å². The molecule has 0 aliphatic rings. The number of aryl methyl sites for hydroxylation is 1. The number of aromatic nitrogens is 4. The van der Waals surface area contributed by atoms with Crippen molar-refractivity contribution in [1.82, 2.24) is 19.5 Å². The molecule has 5 nitrogen and oxygen atoms in total. The first-order valence-electron chi connectivity index (χ1n) is 8.85. The number of hydrogen-bond acceptors (Lipinski definition) is 3. The van der Waals surface area contributed by atoms with Crippen molar-refractivity contribution in [2.75, 3.05) is 0 Å². The molecule has 28 heavy (non-hydrogen) atoms. The van der Waals surface area contributed by atoms with Crippen LogP contribution < -0.4 is 5.56 Å². The lowest BCUT2D eigenvalue weighted by molar-refractivity contribution is 0.895. The maximum atomic E-state index is 13.2. The third-order valence-electron chi connectivity index (χ3n) is 4.77. The molecule has 0 aliphatic carbocycles. The summed E-state index contributed by atoms with van der Waals surface area (Å²) >= 11 is 3.44. The molecule has 0 spiro atoms. The molecule has 136 valence electrons. The molecule has 0 unspecified atom stereocenters. The SMILES string of the molecule is Cc1nc2ccc(Br)cc2c(=O)n1-c1cccc(-c2nc3ccccc3[nH]2)c1. The van der Waals surface area contributed by atoms with Crippen molar-refractivity contribution in [3.8, 4) is 17.1 Å². The summed E-state index contributed by atoms with van der Waals surface area (Å²) in [6, 6.07) is 21.2. The van der Waals surface area contributed by atoms with Crippen molar-refractivity contribution in [2.45, 2.75) is 6.92 Å². The van der Waals surface area contributed by atoms with Gasteiger partial charge in [0.15, 0.2) is 0 Å². The van der Waals surface area contributed by atoms with Crippen LogP contribution in [0.2, 0.25) is 0 Å². The fourth-order valence-electron chi connectivity index (χ4n) is 3.45. The molecule has 0 atom stereocenters. The number of nitrogens with zero attached hydrogens (tertiary/aromatic N) is 3. The van der Waals surface area contributed by atoms with Crippen molar-refractivity contribution >= 4 is 37.9 Å². The summed E-state index contributed by atoms with van der Waals surface area (Å²) in [6.45, 7) is 1.84. The highest BCUT2D eigenvalue weighted by Gasteiger charge is 2.12. The molecule has 3 aromatic carbocycles. The lowest BCUT2D eigenvalue weighted by Crippen LogP contribution is -2.22. The predicted molar refractivity (Wildman–Crippen MR) is 115 cm³/mol. The summed E-state index contributed by atoms with van der Waals surface area (Å²) in [6.07, 6.45) is 0. The summed E-state index contributed by atoms with van der Waals surface area (Å²) in [5, 5.41) is 0.578. The van der Waals surface area contributed by atoms with Gasteiger partial charge in [-0.1, -0.05) is 40.2 Å². The lowest BCUT2D eigenvalue weighted by atomic mass is 10.1. The van der Waals surface area contributed by atoms with Crippen LogP contribution in [-0.4, -0.2) is 19.5 Å². The molecule has 2 aromatic heterocycles. The molecule has 1 N–H and O–H groups in total. The molecule has 0 saturated heterocycles. The van der Waals surface area contributed by atoms with Crippen molar-refractivity contribution in [2.24, 2.45) is 0 Å². The van der Waals surface area contributed by atoms with Crippen LogP contribution in [0.4, 0.5) is 0 Å². The van der Waals surface area contributed by atoms with Crippen LogP contribution in [-0.2, 0) is 0 Å². The lowest BCUT2D eigenvalue weighted by Gasteiger charge is -2.12. The first-order valence-corrected chi connectivity index (χ1v) is 9.64. The minimum Gasteiger partial charge on any atom is -0.338 e. The summed E-state index contributed by atoms with van der Waals surface area (Å²) in [4.78, 5) is 25.8. The van der Waals surface area contributed by atoms with Crippen LogP contribution in [0, 0.1) is 6.92 Å². The van der Waals surface area contributed by atoms with Gasteiger partial charge in [0.2, 0.25) is 0 Å². The number of imidazole rings is 1. The quantitative estimate of drug-likeness (QED) is 0.428. The topological polar surface area (TPSA) is 63.6 Å². The van der Waals surface area contributed by atoms with E-state index in [4.69, 9.17) is 0 Å². The predicted octanol–water partition coefficient (Wildman–Crippen LogP) is 5.00. The van der Waals surface area contributed by atoms with Gasteiger partial charge in [-0.15, -0.1) is 0 Å². The Hall–Kier alpha value is -3.25. The number of halogens is 1. The van der Waals surface area contributed by atoms with Crippen molar-refractivity contribution in [3.05, 3.63) is 87.4 Å². The molecule has 0 amide bonds. The third kappa shape index (κ3) is 2.73. The zero-order valence-corrected chi connectivity index (χ0v) is 16.6. The monoisotopic (exact) mass is 430 g/mol. The van der Waals surface area contributed by atoms with Gasteiger partial charge in [-0.3, -0.25) is 9.36 Å². The summed E-state index contributed by atoms with van der Waals surface area (Å²) in [7, 11) is 0. The zero-order valence-electron chi connectivity index (χ0n) is 15.0. The van der Waals surface area contributed by atoms with Gasteiger partial charge in [0.25, 0.3) is 5.56 Å². The molecular formula is C22H15BrN4O. The fraction of sp³-hybridized carbons (Fsp3) is 0.0455. The van der Waals surface area contributed by atoms with Gasteiger partial charge in [0.05, 0.1) is 27.6 Å². The Morgan fingerprint density at radius 3 is 2.64 bits per heavy atom. The van der Waals surface area contributed by atoms with Crippen LogP contribution in [0.25, 0.3) is 39.0 Å². The van der Waals surface area contributed by atoms with Crippen molar-refractivity contribution in [1.29, 1.82) is 0 Å². The molecule has 5 rings (SSSR count). The highest BCUT2D eigenvalue weighted by Crippen LogP contribution is 2.23. The van der Waals surface area contributed by atoms with E-state index in [-0.39, 0.29) is 5.56 Å². The fourth-order valence-corrected chi connectivity index (χ4v) is 3.82. The van der Waals surface area contributed by atoms with Crippen molar-refractivity contribution < 1.29 is 0 Å². The smallest absolute Gasteiger partial charge is 0.265 e. The highest BCUT2D eigenvalue weighted by atomic mass is 79.9. The van der Waals surface area contributed by atoms with Crippen LogP contribution >= 0.6 is 15.9 Å². The Bertz CT molecular complexity index is 1380. The van der Waals surface area contributed by atoms with Gasteiger partial charge >= 0.3 is 0 Å². The van der Waals surface area contributed by atoms with Gasteiger partial charge in [0, 0.05) is 10.0 Å². The Morgan fingerprint density at radius 2 is 1.79 bits per heavy atom. The van der Waals surface area contributed by atoms with E-state index in [1.54, 1.807) is 4.57 Å². The molecule has 0 saturated carbocycles. The van der Waals surface area contributed by atoms with Crippen LogP contribution in [0.1, 0.15) is 5.82 Å². The Morgan fingerprint density at radius 1 is 0.929 bits per heavy atom. The van der Waals surface area contributed by atoms with E-state index in [9.17, 15) is 4.79 Å². The minimum absolute atomic E-state index is 0.0921. The van der Waals surface area contributed by atoms with E-state index < -0.39 is 0 Å². The van der Waals surface area contributed by atoms with Gasteiger partial charge in [-0.25, -0.2) is 9.97 Å². The molecule has 6 heteroatoms. The second-order valence-corrected chi connectivity index (χ2v) is 7.53. The first-order chi connectivity index (χ1) is 13.6. The van der Waals surface area contributed by atoms with Gasteiger partial charge in [-0.05, 0) is 49.4 Å². The molecule has 0 bridgehead atoms. The second kappa shape index (κ2) is 6.42. The zero-order chi connectivity index (χ0) is 19.3. The Kier molecular flexibility index (Phi) is 3.87. The van der Waals surface area contributed by atoms with E-state index in [0.29, 0.717) is 16.7 Å². The average Bonchev–Trinajstić information content (AvgIpc) is 3.13. The van der Waals surface area contributed by atoms with E-state index in [1.807, 2.05) is 73.7 Å². The highest BCUT2D eigenvalue weighted by molar-refractivity contribution is 9.10. The van der Waals surface area contributed by atoms with E-state index in [0.717, 1.165) is 32.6 Å². The van der Waals surface area contributed by atoms with Gasteiger partial charge in [0.1, 0.15) is 11.6 Å². The van der Waals surface area contributed by atoms with E-state index >= 15 is 0 Å². The van der Waals surface area contributed by atoms with Crippen LogP contribution in [0.3, 0.4) is 0 Å². The minimum atomic E-state index is -0.0921. The molecular weight excluding hydrogens is 416 g/mol. The Labute approximate surface area is 168 Å². The van der Waals surface area contributed by atoms with E-state index in [2.05, 4.69) is 30.9 Å². The van der Waals surface area contributed by atoms with Crippen LogP contribution in [0.5, 0.6) is 0 Å². The largest absolute Gasteiger partial charge is 0.338 e. The number of nitrogens with one attached hydrogen (secondary N) is 1. The summed E-state index contributed by atoms with van der Waals surface area (Å²) in [5.41, 5.74) is 4.16. The van der Waals surface area contributed by atoms with Crippen LogP contribution in [0.15, 0.2) is 76.0 Å². The molecule has 0 radical (unpaired) electrons. The number of benzene rings is 3. The number of hydrogen-bond donors (Lipinski definition) is 1. The Balaban J connectivity index is 1.70. The number of para-hydroxylation sites is 2. The maximum Gasteiger partial charge on any atom is 0.265 e. The number of rotatable bonds is 2. The molecule has 2 heterocycles. The number of H-pyrrole nitrogens is 1. The first kappa shape index (κ1) is 16.9. The molecule has 0 fully saturated rings. The normalized spacial score (nSPS) is 11.4. The second-order valence-electron chi connectivity index (χ2n) is 6.61. The van der Waals surface area contributed by atoms with Gasteiger partial charge in [-0.2, -0.15) is 0 Å². The molecule has 5 aromatic rings. The summed E-state index contributed by atoms with van der Waals surface area (Å²) in [5.74, 6) is 1.41. The molecule has 0 aliphatic heterocycles. The third-order valence-corrected chi connectivity index (χ3v) is 5.26.